The summed E-state index contributed by atoms with van der Waals surface area (Å²) in [7, 11) is 0. The zero-order chi connectivity index (χ0) is 16.7. The van der Waals surface area contributed by atoms with Crippen molar-refractivity contribution in [2.24, 2.45) is 0 Å². The molecule has 2 amide bonds. The molecule has 1 heterocycles. The highest BCUT2D eigenvalue weighted by Crippen LogP contribution is 2.16. The van der Waals surface area contributed by atoms with E-state index in [9.17, 15) is 14.4 Å². The molecule has 0 unspecified atom stereocenters. The first-order valence-electron chi connectivity index (χ1n) is 6.53. The number of carbonyl (C=O) groups excluding carboxylic acids is 3. The molecule has 1 aromatic carbocycles. The minimum Gasteiger partial charge on any atom is -0.452 e. The van der Waals surface area contributed by atoms with Crippen molar-refractivity contribution in [1.29, 1.82) is 0 Å². The fourth-order valence-corrected chi connectivity index (χ4v) is 2.40. The summed E-state index contributed by atoms with van der Waals surface area (Å²) in [5.74, 6) is -1.92. The molecule has 23 heavy (non-hydrogen) atoms. The number of esters is 1. The summed E-state index contributed by atoms with van der Waals surface area (Å²) in [6.45, 7) is -0.539. The first kappa shape index (κ1) is 16.9. The maximum Gasteiger partial charge on any atom is 0.331 e. The molecule has 118 valence electrons. The Morgan fingerprint density at radius 2 is 1.96 bits per heavy atom. The van der Waals surface area contributed by atoms with Gasteiger partial charge in [-0.3, -0.25) is 14.9 Å². The number of amides is 2. The molecule has 1 aromatic heterocycles. The number of imide groups is 1. The van der Waals surface area contributed by atoms with Gasteiger partial charge in [0.15, 0.2) is 6.61 Å². The highest BCUT2D eigenvalue weighted by atomic mass is 35.5. The molecule has 2 aromatic rings. The van der Waals surface area contributed by atoms with Gasteiger partial charge in [0.1, 0.15) is 0 Å². The summed E-state index contributed by atoms with van der Waals surface area (Å²) in [6.07, 6.45) is 2.65. The Labute approximate surface area is 141 Å². The lowest BCUT2D eigenvalue weighted by molar-refractivity contribution is -0.143. The Hall–Kier alpha value is -2.44. The zero-order valence-corrected chi connectivity index (χ0v) is 13.4. The van der Waals surface area contributed by atoms with E-state index >= 15 is 0 Å². The van der Waals surface area contributed by atoms with Gasteiger partial charge in [-0.05, 0) is 29.2 Å². The highest BCUT2D eigenvalue weighted by Gasteiger charge is 2.12. The fourth-order valence-electron chi connectivity index (χ4n) is 1.58. The molecule has 1 N–H and O–H groups in total. The Morgan fingerprint density at radius 3 is 2.65 bits per heavy atom. The lowest BCUT2D eigenvalue weighted by atomic mass is 10.2. The van der Waals surface area contributed by atoms with Crippen molar-refractivity contribution in [3.63, 3.8) is 0 Å². The van der Waals surface area contributed by atoms with Crippen LogP contribution in [0.15, 0.2) is 47.9 Å². The van der Waals surface area contributed by atoms with Crippen LogP contribution in [-0.2, 0) is 14.3 Å². The van der Waals surface area contributed by atoms with Crippen LogP contribution in [0.4, 0.5) is 0 Å². The van der Waals surface area contributed by atoms with Gasteiger partial charge in [0.05, 0.1) is 4.88 Å². The number of benzene rings is 1. The first-order valence-corrected chi connectivity index (χ1v) is 7.79. The van der Waals surface area contributed by atoms with E-state index in [2.05, 4.69) is 5.32 Å². The van der Waals surface area contributed by atoms with Gasteiger partial charge in [0.2, 0.25) is 0 Å². The Bertz CT molecular complexity index is 740. The molecule has 0 aliphatic rings. The van der Waals surface area contributed by atoms with Crippen molar-refractivity contribution < 1.29 is 19.1 Å². The smallest absolute Gasteiger partial charge is 0.331 e. The Morgan fingerprint density at radius 1 is 1.17 bits per heavy atom. The van der Waals surface area contributed by atoms with Crippen molar-refractivity contribution in [2.75, 3.05) is 6.61 Å². The summed E-state index contributed by atoms with van der Waals surface area (Å²) in [5, 5.41) is 4.35. The quantitative estimate of drug-likeness (QED) is 0.665. The van der Waals surface area contributed by atoms with Crippen LogP contribution in [-0.4, -0.2) is 24.4 Å². The third-order valence-corrected chi connectivity index (χ3v) is 3.86. The summed E-state index contributed by atoms with van der Waals surface area (Å²) < 4.78 is 4.75. The number of hydrogen-bond donors (Lipinski definition) is 1. The summed E-state index contributed by atoms with van der Waals surface area (Å²) in [6, 6.07) is 10.3. The average Bonchev–Trinajstić information content (AvgIpc) is 3.06. The van der Waals surface area contributed by atoms with E-state index in [4.69, 9.17) is 16.3 Å². The number of ether oxygens (including phenoxy) is 1. The van der Waals surface area contributed by atoms with Crippen LogP contribution >= 0.6 is 22.9 Å². The second-order valence-electron chi connectivity index (χ2n) is 4.32. The summed E-state index contributed by atoms with van der Waals surface area (Å²) >= 11 is 7.15. The van der Waals surface area contributed by atoms with Crippen LogP contribution in [0.2, 0.25) is 5.02 Å². The van der Waals surface area contributed by atoms with Gasteiger partial charge in [-0.25, -0.2) is 4.79 Å². The predicted octanol–water partition coefficient (Wildman–Crippen LogP) is 2.91. The van der Waals surface area contributed by atoms with E-state index in [1.165, 1.54) is 17.4 Å². The van der Waals surface area contributed by atoms with E-state index in [-0.39, 0.29) is 0 Å². The number of hydrogen-bond acceptors (Lipinski definition) is 5. The fraction of sp³-hybridized carbons (Fsp3) is 0.0625. The molecule has 0 spiro atoms. The first-order chi connectivity index (χ1) is 11.1. The van der Waals surface area contributed by atoms with Gasteiger partial charge < -0.3 is 4.74 Å². The van der Waals surface area contributed by atoms with Crippen LogP contribution in [0, 0.1) is 0 Å². The molecule has 0 aliphatic carbocycles. The number of thiophene rings is 1. The van der Waals surface area contributed by atoms with Crippen molar-refractivity contribution in [2.45, 2.75) is 0 Å². The molecule has 0 saturated carbocycles. The minimum atomic E-state index is -0.705. The van der Waals surface area contributed by atoms with Gasteiger partial charge in [0, 0.05) is 11.1 Å². The minimum absolute atomic E-state index is 0.406. The van der Waals surface area contributed by atoms with E-state index in [1.807, 2.05) is 0 Å². The van der Waals surface area contributed by atoms with Gasteiger partial charge in [0.25, 0.3) is 11.8 Å². The molecule has 0 fully saturated rings. The maximum atomic E-state index is 11.6. The predicted molar refractivity (Wildman–Crippen MR) is 88.2 cm³/mol. The van der Waals surface area contributed by atoms with E-state index in [0.717, 1.165) is 6.08 Å². The van der Waals surface area contributed by atoms with Gasteiger partial charge in [-0.1, -0.05) is 35.9 Å². The van der Waals surface area contributed by atoms with Crippen molar-refractivity contribution in [1.82, 2.24) is 5.32 Å². The lowest BCUT2D eigenvalue weighted by Crippen LogP contribution is -2.33. The average molecular weight is 350 g/mol. The molecule has 0 bridgehead atoms. The second-order valence-corrected chi connectivity index (χ2v) is 5.67. The van der Waals surface area contributed by atoms with Gasteiger partial charge in [-0.2, -0.15) is 0 Å². The van der Waals surface area contributed by atoms with Crippen LogP contribution in [0.3, 0.4) is 0 Å². The van der Waals surface area contributed by atoms with Crippen molar-refractivity contribution >= 4 is 46.8 Å². The molecule has 0 aliphatic heterocycles. The van der Waals surface area contributed by atoms with Gasteiger partial charge >= 0.3 is 5.97 Å². The van der Waals surface area contributed by atoms with Gasteiger partial charge in [-0.15, -0.1) is 11.3 Å². The Balaban J connectivity index is 1.79. The number of halogens is 1. The summed E-state index contributed by atoms with van der Waals surface area (Å²) in [5.41, 5.74) is 0.656. The maximum absolute atomic E-state index is 11.6. The topological polar surface area (TPSA) is 72.5 Å². The van der Waals surface area contributed by atoms with E-state index < -0.39 is 24.4 Å². The monoisotopic (exact) mass is 349 g/mol. The molecular formula is C16H12ClNO4S. The summed E-state index contributed by atoms with van der Waals surface area (Å²) in [4.78, 5) is 35.1. The number of rotatable bonds is 5. The molecule has 0 atom stereocenters. The third-order valence-electron chi connectivity index (χ3n) is 2.65. The molecule has 0 radical (unpaired) electrons. The normalized spacial score (nSPS) is 10.5. The standard InChI is InChI=1S/C16H12ClNO4S/c17-12-5-2-1-4-11(12)7-8-15(20)22-10-14(19)18-16(21)13-6-3-9-23-13/h1-9H,10H2,(H,18,19,21)/b8-7+. The van der Waals surface area contributed by atoms with Crippen molar-refractivity contribution in [3.05, 3.63) is 63.3 Å². The molecule has 7 heteroatoms. The highest BCUT2D eigenvalue weighted by molar-refractivity contribution is 7.12. The van der Waals surface area contributed by atoms with Crippen molar-refractivity contribution in [3.8, 4) is 0 Å². The number of carbonyl (C=O) groups is 3. The lowest BCUT2D eigenvalue weighted by Gasteiger charge is -2.03. The largest absolute Gasteiger partial charge is 0.452 e. The third kappa shape index (κ3) is 5.36. The number of nitrogens with one attached hydrogen (secondary N) is 1. The van der Waals surface area contributed by atoms with Crippen LogP contribution in [0.5, 0.6) is 0 Å². The van der Waals surface area contributed by atoms with E-state index in [0.29, 0.717) is 15.5 Å². The van der Waals surface area contributed by atoms with Crippen LogP contribution in [0.25, 0.3) is 6.08 Å². The van der Waals surface area contributed by atoms with E-state index in [1.54, 1.807) is 41.8 Å². The van der Waals surface area contributed by atoms with Crippen LogP contribution < -0.4 is 5.32 Å². The second kappa shape index (κ2) is 8.26. The molecular weight excluding hydrogens is 338 g/mol. The molecule has 2 rings (SSSR count). The zero-order valence-electron chi connectivity index (χ0n) is 11.8. The molecule has 0 saturated heterocycles. The molecule has 5 nitrogen and oxygen atoms in total. The van der Waals surface area contributed by atoms with Crippen LogP contribution in [0.1, 0.15) is 15.2 Å². The Kier molecular flexibility index (Phi) is 6.08. The SMILES string of the molecule is O=C(COC(=O)/C=C/c1ccccc1Cl)NC(=O)c1cccs1.